The van der Waals surface area contributed by atoms with Crippen LogP contribution in [0, 0.1) is 35.7 Å². The molecule has 10 heteroatoms. The number of carbonyl (C=O) groups is 3. The first kappa shape index (κ1) is 28.0. The van der Waals surface area contributed by atoms with Gasteiger partial charge in [0.25, 0.3) is 11.8 Å². The number of hydrogen-bond acceptors (Lipinski definition) is 5. The Labute approximate surface area is 231 Å². The lowest BCUT2D eigenvalue weighted by Gasteiger charge is -2.39. The Hall–Kier alpha value is -3.56. The number of halogens is 3. The molecule has 3 fully saturated rings. The van der Waals surface area contributed by atoms with Gasteiger partial charge < -0.3 is 19.3 Å². The van der Waals surface area contributed by atoms with Gasteiger partial charge in [-0.05, 0) is 87.1 Å². The second-order valence-corrected chi connectivity index (χ2v) is 11.2. The molecule has 1 spiro atoms. The third-order valence-electron chi connectivity index (χ3n) is 8.20. The van der Waals surface area contributed by atoms with Crippen LogP contribution in [0.4, 0.5) is 13.2 Å². The average molecular weight is 559 g/mol. The fraction of sp³-hybridized carbons (Fsp3) is 0.500. The smallest absolute Gasteiger partial charge is 0.328 e. The minimum atomic E-state index is -1.26. The van der Waals surface area contributed by atoms with Crippen LogP contribution in [0.3, 0.4) is 0 Å². The lowest BCUT2D eigenvalue weighted by molar-refractivity contribution is -0.147. The van der Waals surface area contributed by atoms with E-state index in [1.54, 1.807) is 24.8 Å². The van der Waals surface area contributed by atoms with Crippen molar-refractivity contribution >= 4 is 17.8 Å². The van der Waals surface area contributed by atoms with Gasteiger partial charge in [-0.25, -0.2) is 18.0 Å². The second kappa shape index (κ2) is 11.1. The van der Waals surface area contributed by atoms with E-state index in [1.807, 2.05) is 0 Å². The molecular weight excluding hydrogens is 525 g/mol. The summed E-state index contributed by atoms with van der Waals surface area (Å²) in [5.74, 6) is -3.95. The van der Waals surface area contributed by atoms with Crippen molar-refractivity contribution in [1.82, 2.24) is 9.80 Å². The fourth-order valence-corrected chi connectivity index (χ4v) is 5.73. The predicted molar refractivity (Wildman–Crippen MR) is 139 cm³/mol. The zero-order valence-electron chi connectivity index (χ0n) is 22.7. The van der Waals surface area contributed by atoms with Crippen LogP contribution in [-0.2, 0) is 9.53 Å². The Morgan fingerprint density at radius 2 is 1.70 bits per heavy atom. The second-order valence-electron chi connectivity index (χ2n) is 11.2. The maximum absolute atomic E-state index is 14.8. The number of esters is 1. The number of aryl methyl sites for hydroxylation is 1. The highest BCUT2D eigenvalue weighted by Crippen LogP contribution is 2.45. The highest BCUT2D eigenvalue weighted by atomic mass is 19.2. The van der Waals surface area contributed by atoms with Gasteiger partial charge in [-0.2, -0.15) is 0 Å². The quantitative estimate of drug-likeness (QED) is 0.452. The van der Waals surface area contributed by atoms with E-state index in [9.17, 15) is 27.6 Å². The van der Waals surface area contributed by atoms with Gasteiger partial charge in [0.2, 0.25) is 0 Å². The monoisotopic (exact) mass is 558 g/mol. The van der Waals surface area contributed by atoms with E-state index in [-0.39, 0.29) is 25.1 Å². The number of rotatable bonds is 7. The molecule has 1 atom stereocenters. The Kier molecular flexibility index (Phi) is 7.79. The molecule has 2 aliphatic heterocycles. The van der Waals surface area contributed by atoms with Gasteiger partial charge in [-0.3, -0.25) is 9.59 Å². The largest absolute Gasteiger partial charge is 0.493 e. The molecule has 214 valence electrons. The van der Waals surface area contributed by atoms with Gasteiger partial charge in [-0.1, -0.05) is 0 Å². The maximum Gasteiger partial charge on any atom is 0.328 e. The van der Waals surface area contributed by atoms with Crippen molar-refractivity contribution in [2.24, 2.45) is 11.3 Å². The molecule has 7 nitrogen and oxygen atoms in total. The molecule has 2 aromatic rings. The van der Waals surface area contributed by atoms with Crippen molar-refractivity contribution in [3.05, 3.63) is 64.5 Å². The summed E-state index contributed by atoms with van der Waals surface area (Å²) >= 11 is 0. The van der Waals surface area contributed by atoms with E-state index >= 15 is 0 Å². The number of carbonyl (C=O) groups excluding carboxylic acids is 3. The number of benzene rings is 2. The Morgan fingerprint density at radius 1 is 0.975 bits per heavy atom. The Bertz CT molecular complexity index is 1320. The first-order chi connectivity index (χ1) is 19.1. The van der Waals surface area contributed by atoms with Crippen molar-refractivity contribution < 1.29 is 37.0 Å². The zero-order chi connectivity index (χ0) is 28.6. The van der Waals surface area contributed by atoms with Gasteiger partial charge in [0.15, 0.2) is 11.6 Å². The van der Waals surface area contributed by atoms with Crippen LogP contribution in [0.2, 0.25) is 0 Å². The average Bonchev–Trinajstić information content (AvgIpc) is 3.69. The lowest BCUT2D eigenvalue weighted by Crippen LogP contribution is -2.45. The summed E-state index contributed by atoms with van der Waals surface area (Å²) in [5.41, 5.74) is -0.622. The molecule has 0 bridgehead atoms. The van der Waals surface area contributed by atoms with E-state index < -0.39 is 52.3 Å². The van der Waals surface area contributed by atoms with Crippen LogP contribution in [0.5, 0.6) is 5.75 Å². The summed E-state index contributed by atoms with van der Waals surface area (Å²) in [4.78, 5) is 42.3. The molecule has 2 heterocycles. The SMILES string of the molecule is CCOC(=O)C1CC2(CCN(C(=O)c3ccc(OCC4CC4)cc3F)CC2)CN1C(=O)c1cc(C)cc(F)c1F. The normalized spacial score (nSPS) is 20.1. The molecule has 0 radical (unpaired) electrons. The molecule has 0 N–H and O–H groups in total. The van der Waals surface area contributed by atoms with E-state index in [0.29, 0.717) is 49.8 Å². The van der Waals surface area contributed by atoms with Crippen molar-refractivity contribution in [3.8, 4) is 5.75 Å². The van der Waals surface area contributed by atoms with Crippen molar-refractivity contribution in [2.75, 3.05) is 32.8 Å². The van der Waals surface area contributed by atoms with Crippen molar-refractivity contribution in [2.45, 2.75) is 52.0 Å². The summed E-state index contributed by atoms with van der Waals surface area (Å²) in [6.45, 7) is 4.58. The Balaban J connectivity index is 1.29. The van der Waals surface area contributed by atoms with Crippen LogP contribution >= 0.6 is 0 Å². The van der Waals surface area contributed by atoms with Crippen LogP contribution in [-0.4, -0.2) is 66.5 Å². The molecule has 1 unspecified atom stereocenters. The van der Waals surface area contributed by atoms with Gasteiger partial charge in [-0.15, -0.1) is 0 Å². The summed E-state index contributed by atoms with van der Waals surface area (Å²) in [6.07, 6.45) is 3.41. The molecule has 2 aromatic carbocycles. The number of amides is 2. The Morgan fingerprint density at radius 3 is 2.35 bits per heavy atom. The summed E-state index contributed by atoms with van der Waals surface area (Å²) in [7, 11) is 0. The van der Waals surface area contributed by atoms with E-state index in [1.165, 1.54) is 23.1 Å². The minimum absolute atomic E-state index is 0.0423. The molecule has 2 amide bonds. The minimum Gasteiger partial charge on any atom is -0.493 e. The number of hydrogen-bond donors (Lipinski definition) is 0. The van der Waals surface area contributed by atoms with Crippen molar-refractivity contribution in [3.63, 3.8) is 0 Å². The molecule has 2 saturated heterocycles. The summed E-state index contributed by atoms with van der Waals surface area (Å²) in [5, 5.41) is 0. The lowest BCUT2D eigenvalue weighted by atomic mass is 9.76. The number of piperidine rings is 1. The summed E-state index contributed by atoms with van der Waals surface area (Å²) in [6, 6.07) is 5.59. The van der Waals surface area contributed by atoms with Crippen LogP contribution < -0.4 is 4.74 Å². The third kappa shape index (κ3) is 5.67. The van der Waals surface area contributed by atoms with Gasteiger partial charge in [0.1, 0.15) is 17.6 Å². The van der Waals surface area contributed by atoms with E-state index in [4.69, 9.17) is 9.47 Å². The number of nitrogens with zero attached hydrogens (tertiary/aromatic N) is 2. The molecule has 1 aliphatic carbocycles. The standard InChI is InChI=1S/C30H33F3N2O5/c1-3-39-29(38)25-15-30(17-35(25)28(37)22-12-18(2)13-24(32)26(22)33)8-10-34(11-9-30)27(36)21-7-6-20(14-23(21)31)40-16-19-4-5-19/h6-7,12-14,19,25H,3-5,8-11,15-17H2,1-2H3. The molecular formula is C30H33F3N2O5. The van der Waals surface area contributed by atoms with Gasteiger partial charge in [0.05, 0.1) is 24.3 Å². The van der Waals surface area contributed by atoms with Gasteiger partial charge >= 0.3 is 5.97 Å². The van der Waals surface area contributed by atoms with Crippen LogP contribution in [0.25, 0.3) is 0 Å². The summed E-state index contributed by atoms with van der Waals surface area (Å²) < 4.78 is 54.3. The van der Waals surface area contributed by atoms with E-state index in [2.05, 4.69) is 0 Å². The van der Waals surface area contributed by atoms with Gasteiger partial charge in [0, 0.05) is 25.7 Å². The predicted octanol–water partition coefficient (Wildman–Crippen LogP) is 4.90. The molecule has 40 heavy (non-hydrogen) atoms. The van der Waals surface area contributed by atoms with Crippen LogP contribution in [0.15, 0.2) is 30.3 Å². The first-order valence-corrected chi connectivity index (χ1v) is 13.8. The first-order valence-electron chi connectivity index (χ1n) is 13.8. The molecule has 0 aromatic heterocycles. The van der Waals surface area contributed by atoms with E-state index in [0.717, 1.165) is 18.9 Å². The highest BCUT2D eigenvalue weighted by molar-refractivity contribution is 5.98. The zero-order valence-corrected chi connectivity index (χ0v) is 22.7. The maximum atomic E-state index is 14.8. The topological polar surface area (TPSA) is 76.2 Å². The number of ether oxygens (including phenoxy) is 2. The number of likely N-dealkylation sites (tertiary alicyclic amines) is 2. The third-order valence-corrected chi connectivity index (χ3v) is 8.20. The van der Waals surface area contributed by atoms with Crippen molar-refractivity contribution in [1.29, 1.82) is 0 Å². The fourth-order valence-electron chi connectivity index (χ4n) is 5.73. The molecule has 5 rings (SSSR count). The van der Waals surface area contributed by atoms with Crippen LogP contribution in [0.1, 0.15) is 65.3 Å². The molecule has 3 aliphatic rings. The molecule has 1 saturated carbocycles. The highest BCUT2D eigenvalue weighted by Gasteiger charge is 2.51.